The van der Waals surface area contributed by atoms with Gasteiger partial charge in [0.25, 0.3) is 0 Å². The Balaban J connectivity index is 1.82. The molecule has 420 valence electrons. The van der Waals surface area contributed by atoms with Crippen molar-refractivity contribution in [3.8, 4) is 11.5 Å². The molecule has 0 heterocycles. The molecule has 2 amide bonds. The number of carbonyl (C=O) groups is 2. The zero-order chi connectivity index (χ0) is 54.5. The Labute approximate surface area is 451 Å². The van der Waals surface area contributed by atoms with Crippen molar-refractivity contribution >= 4 is 28.4 Å². The van der Waals surface area contributed by atoms with E-state index < -0.39 is 28.2 Å². The molecule has 0 aromatic heterocycles. The van der Waals surface area contributed by atoms with Gasteiger partial charge in [0.05, 0.1) is 31.3 Å². The van der Waals surface area contributed by atoms with Crippen molar-refractivity contribution in [3.05, 3.63) is 59.7 Å². The van der Waals surface area contributed by atoms with E-state index >= 15 is 0 Å². The van der Waals surface area contributed by atoms with E-state index in [0.29, 0.717) is 52.9 Å². The lowest BCUT2D eigenvalue weighted by Crippen LogP contribution is -2.50. The van der Waals surface area contributed by atoms with Crippen LogP contribution in [0.4, 0.5) is 0 Å². The molecule has 73 heavy (non-hydrogen) atoms. The van der Waals surface area contributed by atoms with Gasteiger partial charge in [-0.05, 0) is 114 Å². The predicted octanol–water partition coefficient (Wildman–Crippen LogP) is 16.7. The van der Waals surface area contributed by atoms with Gasteiger partial charge in [0.1, 0.15) is 11.5 Å². The third kappa shape index (κ3) is 22.8. The smallest absolute Gasteiger partial charge is 0.240 e. The average Bonchev–Trinajstić information content (AvgIpc) is 3.32. The molecular weight excluding hydrogens is 939 g/mol. The van der Waals surface area contributed by atoms with Gasteiger partial charge in [-0.2, -0.15) is 0 Å². The molecule has 0 unspecified atom stereocenters. The number of hydrogen-bond donors (Lipinski definition) is 3. The SMILES string of the molecule is CC(C)C[C@H](N)C(=O)NCC(=O)NC(C)(c1ccc(OCCCCCCCCCCCO[Si](C(C)C)(C(C)C)C(C)C)cc1)c1ccc(OCCCCCCCCCCCO[Si](C(C)C)(C(C)C)C(C)C)cc1. The molecule has 4 N–H and O–H groups in total. The second kappa shape index (κ2) is 35.6. The van der Waals surface area contributed by atoms with Crippen LogP contribution in [0.25, 0.3) is 0 Å². The van der Waals surface area contributed by atoms with Crippen LogP contribution in [-0.2, 0) is 24.0 Å². The van der Waals surface area contributed by atoms with Crippen LogP contribution in [0.15, 0.2) is 48.5 Å². The van der Waals surface area contributed by atoms with Gasteiger partial charge in [0.15, 0.2) is 16.6 Å². The number of amides is 2. The minimum Gasteiger partial charge on any atom is -0.494 e. The molecule has 0 fully saturated rings. The van der Waals surface area contributed by atoms with Crippen LogP contribution in [0.1, 0.15) is 237 Å². The lowest BCUT2D eigenvalue weighted by molar-refractivity contribution is -0.127. The molecular formula is C62H113N3O6Si2. The summed E-state index contributed by atoms with van der Waals surface area (Å²) >= 11 is 0. The highest BCUT2D eigenvalue weighted by Crippen LogP contribution is 2.43. The highest BCUT2D eigenvalue weighted by molar-refractivity contribution is 6.78. The van der Waals surface area contributed by atoms with Gasteiger partial charge in [0, 0.05) is 13.2 Å². The van der Waals surface area contributed by atoms with Crippen molar-refractivity contribution in [3.63, 3.8) is 0 Å². The first-order valence-corrected chi connectivity index (χ1v) is 34.0. The summed E-state index contributed by atoms with van der Waals surface area (Å²) in [6.07, 6.45) is 22.6. The zero-order valence-electron chi connectivity index (χ0n) is 49.7. The monoisotopic (exact) mass is 1050 g/mol. The van der Waals surface area contributed by atoms with Gasteiger partial charge >= 0.3 is 0 Å². The van der Waals surface area contributed by atoms with E-state index in [2.05, 4.69) is 93.7 Å². The molecule has 9 nitrogen and oxygen atoms in total. The molecule has 2 rings (SSSR count). The Hall–Kier alpha value is -2.71. The van der Waals surface area contributed by atoms with Crippen molar-refractivity contribution in [2.24, 2.45) is 11.7 Å². The molecule has 0 saturated heterocycles. The summed E-state index contributed by atoms with van der Waals surface area (Å²) in [5.74, 6) is 1.28. The van der Waals surface area contributed by atoms with Gasteiger partial charge in [-0.15, -0.1) is 0 Å². The number of ether oxygens (including phenoxy) is 2. The van der Waals surface area contributed by atoms with E-state index in [0.717, 1.165) is 61.5 Å². The van der Waals surface area contributed by atoms with Crippen LogP contribution in [0.5, 0.6) is 11.5 Å². The Morgan fingerprint density at radius 3 is 1.04 bits per heavy atom. The number of nitrogens with one attached hydrogen (secondary N) is 2. The minimum atomic E-state index is -1.75. The number of rotatable bonds is 42. The van der Waals surface area contributed by atoms with E-state index in [-0.39, 0.29) is 24.3 Å². The maximum absolute atomic E-state index is 13.5. The largest absolute Gasteiger partial charge is 0.494 e. The van der Waals surface area contributed by atoms with E-state index in [9.17, 15) is 9.59 Å². The van der Waals surface area contributed by atoms with Crippen LogP contribution in [0, 0.1) is 5.92 Å². The summed E-state index contributed by atoms with van der Waals surface area (Å²) in [6.45, 7) is 37.5. The molecule has 0 spiro atoms. The number of unbranched alkanes of at least 4 members (excludes halogenated alkanes) is 16. The molecule has 2 aromatic rings. The van der Waals surface area contributed by atoms with Gasteiger partial charge in [-0.3, -0.25) is 9.59 Å². The maximum Gasteiger partial charge on any atom is 0.240 e. The number of benzene rings is 2. The second-order valence-corrected chi connectivity index (χ2v) is 35.0. The third-order valence-electron chi connectivity index (χ3n) is 16.0. The second-order valence-electron chi connectivity index (χ2n) is 24.1. The highest BCUT2D eigenvalue weighted by Gasteiger charge is 2.46. The Morgan fingerprint density at radius 1 is 0.466 bits per heavy atom. The first-order chi connectivity index (χ1) is 34.6. The lowest BCUT2D eigenvalue weighted by Gasteiger charge is -2.42. The minimum absolute atomic E-state index is 0.164. The van der Waals surface area contributed by atoms with E-state index in [1.54, 1.807) is 0 Å². The van der Waals surface area contributed by atoms with Gasteiger partial charge in [0.2, 0.25) is 11.8 Å². The standard InChI is InChI=1S/C62H113N3O6Si2/c1-48(2)46-59(63)61(67)64-47-60(66)65-62(15,55-34-38-57(39-35-55)68-42-30-26-22-18-16-20-24-28-32-44-70-72(49(3)4,50(5)6)51(7)8)56-36-40-58(41-37-56)69-43-31-27-23-19-17-21-25-29-33-45-71-73(52(9)10,53(11)12)54(13)14/h34-41,48-54,59H,16-33,42-47,63H2,1-15H3,(H,64,67)(H,65,66)/t59-/m0/s1. The topological polar surface area (TPSA) is 121 Å². The summed E-state index contributed by atoms with van der Waals surface area (Å²) in [6, 6.07) is 15.4. The Bertz CT molecular complexity index is 1600. The van der Waals surface area contributed by atoms with E-state index in [1.165, 1.54) is 89.9 Å². The first-order valence-electron chi connectivity index (χ1n) is 29.7. The fourth-order valence-corrected chi connectivity index (χ4v) is 23.1. The van der Waals surface area contributed by atoms with Crippen molar-refractivity contribution in [2.45, 2.75) is 271 Å². The summed E-state index contributed by atoms with van der Waals surface area (Å²) in [5.41, 5.74) is 10.9. The maximum atomic E-state index is 13.5. The van der Waals surface area contributed by atoms with E-state index in [4.69, 9.17) is 24.1 Å². The van der Waals surface area contributed by atoms with Crippen molar-refractivity contribution in [2.75, 3.05) is 33.0 Å². The van der Waals surface area contributed by atoms with Crippen molar-refractivity contribution < 1.29 is 27.9 Å². The fraction of sp³-hybridized carbons (Fsp3) is 0.774. The number of nitrogens with two attached hydrogens (primary N) is 1. The summed E-state index contributed by atoms with van der Waals surface area (Å²) < 4.78 is 25.9. The molecule has 0 radical (unpaired) electrons. The van der Waals surface area contributed by atoms with Gasteiger partial charge < -0.3 is 34.7 Å². The van der Waals surface area contributed by atoms with Crippen LogP contribution < -0.4 is 25.8 Å². The normalized spacial score (nSPS) is 13.1. The van der Waals surface area contributed by atoms with Crippen LogP contribution in [0.2, 0.25) is 33.2 Å². The molecule has 0 aliphatic carbocycles. The third-order valence-corrected chi connectivity index (χ3v) is 28.2. The quantitative estimate of drug-likeness (QED) is 0.0447. The molecule has 0 aliphatic heterocycles. The molecule has 11 heteroatoms. The average molecular weight is 1050 g/mol. The first kappa shape index (κ1) is 66.4. The van der Waals surface area contributed by atoms with Crippen molar-refractivity contribution in [1.82, 2.24) is 10.6 Å². The lowest BCUT2D eigenvalue weighted by atomic mass is 9.84. The zero-order valence-corrected chi connectivity index (χ0v) is 51.7. The Kier molecular flexibility index (Phi) is 32.4. The predicted molar refractivity (Wildman–Crippen MR) is 316 cm³/mol. The van der Waals surface area contributed by atoms with Gasteiger partial charge in [-0.25, -0.2) is 0 Å². The van der Waals surface area contributed by atoms with Crippen LogP contribution in [0.3, 0.4) is 0 Å². The molecule has 0 saturated carbocycles. The molecule has 2 aromatic carbocycles. The van der Waals surface area contributed by atoms with E-state index in [1.807, 2.05) is 69.3 Å². The van der Waals surface area contributed by atoms with Crippen LogP contribution >= 0.6 is 0 Å². The Morgan fingerprint density at radius 2 is 0.753 bits per heavy atom. The number of carbonyl (C=O) groups excluding carboxylic acids is 2. The molecule has 0 aliphatic rings. The van der Waals surface area contributed by atoms with Crippen LogP contribution in [-0.4, -0.2) is 67.5 Å². The summed E-state index contributed by atoms with van der Waals surface area (Å²) in [4.78, 5) is 26.2. The van der Waals surface area contributed by atoms with Crippen molar-refractivity contribution in [1.29, 1.82) is 0 Å². The molecule has 0 bridgehead atoms. The highest BCUT2D eigenvalue weighted by atomic mass is 28.4. The number of hydrogen-bond acceptors (Lipinski definition) is 7. The van der Waals surface area contributed by atoms with Gasteiger partial charge in [-0.1, -0.05) is 211 Å². The molecule has 1 atom stereocenters. The fourth-order valence-electron chi connectivity index (χ4n) is 12.1. The summed E-state index contributed by atoms with van der Waals surface area (Å²) in [5, 5.41) is 5.98. The summed E-state index contributed by atoms with van der Waals surface area (Å²) in [7, 11) is -3.50.